The maximum atomic E-state index is 12.5. The van der Waals surface area contributed by atoms with Crippen molar-refractivity contribution in [3.05, 3.63) is 17.8 Å². The number of carbonyl (C=O) groups excluding carboxylic acids is 2. The van der Waals surface area contributed by atoms with Crippen LogP contribution in [0.4, 0.5) is 0 Å². The maximum Gasteiger partial charge on any atom is 0.248 e. The minimum atomic E-state index is -0.838. The second-order valence-corrected chi connectivity index (χ2v) is 5.08. The van der Waals surface area contributed by atoms with Gasteiger partial charge in [-0.15, -0.1) is 0 Å². The molecule has 2 heterocycles. The third kappa shape index (κ3) is 2.77. The fraction of sp³-hybridized carbons (Fsp3) is 0.615. The summed E-state index contributed by atoms with van der Waals surface area (Å²) < 4.78 is 5.39. The quantitative estimate of drug-likeness (QED) is 0.884. The highest BCUT2D eigenvalue weighted by molar-refractivity contribution is 5.93. The Hall–Kier alpha value is -1.85. The van der Waals surface area contributed by atoms with Crippen LogP contribution < -0.4 is 5.32 Å². The van der Waals surface area contributed by atoms with Crippen LogP contribution in [0, 0.1) is 6.92 Å². The Kier molecular flexibility index (Phi) is 3.59. The van der Waals surface area contributed by atoms with Gasteiger partial charge in [0.25, 0.3) is 0 Å². The first-order valence-corrected chi connectivity index (χ1v) is 6.46. The molecular formula is C13H19N3O3. The number of aryl methyl sites for hydroxylation is 1. The molecule has 19 heavy (non-hydrogen) atoms. The third-order valence-electron chi connectivity index (χ3n) is 3.49. The average molecular weight is 265 g/mol. The summed E-state index contributed by atoms with van der Waals surface area (Å²) in [6.07, 6.45) is 2.49. The van der Waals surface area contributed by atoms with E-state index in [1.807, 2.05) is 13.8 Å². The molecule has 1 fully saturated rings. The number of hydrogen-bond donors (Lipinski definition) is 1. The minimum absolute atomic E-state index is 0.0864. The van der Waals surface area contributed by atoms with Gasteiger partial charge in [0.2, 0.25) is 17.7 Å². The van der Waals surface area contributed by atoms with Crippen LogP contribution in [0.5, 0.6) is 0 Å². The number of amides is 2. The molecule has 104 valence electrons. The summed E-state index contributed by atoms with van der Waals surface area (Å²) in [5.74, 6) is 1.03. The van der Waals surface area contributed by atoms with Crippen molar-refractivity contribution < 1.29 is 14.0 Å². The molecule has 2 rings (SSSR count). The van der Waals surface area contributed by atoms with Crippen molar-refractivity contribution in [1.82, 2.24) is 15.2 Å². The highest BCUT2D eigenvalue weighted by atomic mass is 16.4. The predicted molar refractivity (Wildman–Crippen MR) is 68.1 cm³/mol. The van der Waals surface area contributed by atoms with Crippen molar-refractivity contribution in [3.63, 3.8) is 0 Å². The molecule has 0 aliphatic carbocycles. The fourth-order valence-corrected chi connectivity index (χ4v) is 2.14. The number of hydrogen-bond acceptors (Lipinski definition) is 4. The standard InChI is InChI=1S/C13H19N3O3/c1-4-13(3)12(18)16(6-5-10(17)15-13)8-11-14-7-9(2)19-11/h7H,4-6,8H2,1-3H3,(H,15,17). The van der Waals surface area contributed by atoms with E-state index in [1.165, 1.54) is 0 Å². The smallest absolute Gasteiger partial charge is 0.248 e. The van der Waals surface area contributed by atoms with Gasteiger partial charge in [-0.1, -0.05) is 6.92 Å². The van der Waals surface area contributed by atoms with E-state index in [1.54, 1.807) is 18.0 Å². The van der Waals surface area contributed by atoms with E-state index in [0.29, 0.717) is 37.6 Å². The van der Waals surface area contributed by atoms with Gasteiger partial charge in [-0.3, -0.25) is 9.59 Å². The molecule has 6 nitrogen and oxygen atoms in total. The Labute approximate surface area is 112 Å². The molecule has 1 aromatic rings. The lowest BCUT2D eigenvalue weighted by molar-refractivity contribution is -0.139. The van der Waals surface area contributed by atoms with E-state index in [0.717, 1.165) is 0 Å². The first-order chi connectivity index (χ1) is 8.94. The molecule has 1 saturated heterocycles. The van der Waals surface area contributed by atoms with Crippen molar-refractivity contribution in [2.75, 3.05) is 6.54 Å². The van der Waals surface area contributed by atoms with Crippen LogP contribution in [0.1, 0.15) is 38.3 Å². The predicted octanol–water partition coefficient (Wildman–Crippen LogP) is 1.00. The molecule has 1 N–H and O–H groups in total. The summed E-state index contributed by atoms with van der Waals surface area (Å²) in [5, 5.41) is 2.79. The van der Waals surface area contributed by atoms with Gasteiger partial charge in [0.15, 0.2) is 0 Å². The summed E-state index contributed by atoms with van der Waals surface area (Å²) >= 11 is 0. The Morgan fingerprint density at radius 2 is 2.26 bits per heavy atom. The summed E-state index contributed by atoms with van der Waals surface area (Å²) in [6, 6.07) is 0. The van der Waals surface area contributed by atoms with Crippen molar-refractivity contribution in [2.45, 2.75) is 45.7 Å². The third-order valence-corrected chi connectivity index (χ3v) is 3.49. The lowest BCUT2D eigenvalue weighted by atomic mass is 9.97. The largest absolute Gasteiger partial charge is 0.444 e. The molecule has 0 saturated carbocycles. The zero-order valence-corrected chi connectivity index (χ0v) is 11.5. The lowest BCUT2D eigenvalue weighted by Gasteiger charge is -2.30. The SMILES string of the molecule is CCC1(C)NC(=O)CCN(Cc2ncc(C)o2)C1=O. The van der Waals surface area contributed by atoms with Gasteiger partial charge in [0.05, 0.1) is 12.7 Å². The number of aromatic nitrogens is 1. The molecule has 1 aliphatic rings. The maximum absolute atomic E-state index is 12.5. The topological polar surface area (TPSA) is 75.4 Å². The van der Waals surface area contributed by atoms with Crippen LogP contribution in [0.3, 0.4) is 0 Å². The molecule has 1 aliphatic heterocycles. The van der Waals surface area contributed by atoms with E-state index in [-0.39, 0.29) is 11.8 Å². The van der Waals surface area contributed by atoms with Crippen molar-refractivity contribution in [2.24, 2.45) is 0 Å². The van der Waals surface area contributed by atoms with Crippen LogP contribution in [0.2, 0.25) is 0 Å². The molecular weight excluding hydrogens is 246 g/mol. The Morgan fingerprint density at radius 1 is 1.53 bits per heavy atom. The Balaban J connectivity index is 2.19. The number of rotatable bonds is 3. The van der Waals surface area contributed by atoms with E-state index < -0.39 is 5.54 Å². The minimum Gasteiger partial charge on any atom is -0.444 e. The van der Waals surface area contributed by atoms with Crippen LogP contribution >= 0.6 is 0 Å². The number of nitrogens with one attached hydrogen (secondary N) is 1. The zero-order valence-electron chi connectivity index (χ0n) is 11.5. The summed E-state index contributed by atoms with van der Waals surface area (Å²) in [6.45, 7) is 6.14. The molecule has 0 bridgehead atoms. The van der Waals surface area contributed by atoms with E-state index >= 15 is 0 Å². The number of oxazole rings is 1. The van der Waals surface area contributed by atoms with Crippen molar-refractivity contribution >= 4 is 11.8 Å². The molecule has 1 atom stereocenters. The highest BCUT2D eigenvalue weighted by Crippen LogP contribution is 2.19. The van der Waals surface area contributed by atoms with Crippen molar-refractivity contribution in [3.8, 4) is 0 Å². The molecule has 0 radical (unpaired) electrons. The van der Waals surface area contributed by atoms with E-state index in [2.05, 4.69) is 10.3 Å². The average Bonchev–Trinajstić information content (AvgIpc) is 2.74. The van der Waals surface area contributed by atoms with Crippen molar-refractivity contribution in [1.29, 1.82) is 0 Å². The monoisotopic (exact) mass is 265 g/mol. The second kappa shape index (κ2) is 5.03. The van der Waals surface area contributed by atoms with Crippen LogP contribution in [0.25, 0.3) is 0 Å². The van der Waals surface area contributed by atoms with E-state index in [4.69, 9.17) is 4.42 Å². The van der Waals surface area contributed by atoms with Crippen LogP contribution in [0.15, 0.2) is 10.6 Å². The normalized spacial score (nSPS) is 24.3. The Morgan fingerprint density at radius 3 is 2.84 bits per heavy atom. The van der Waals surface area contributed by atoms with Gasteiger partial charge in [-0.05, 0) is 20.3 Å². The first kappa shape index (κ1) is 13.6. The van der Waals surface area contributed by atoms with Crippen LogP contribution in [-0.2, 0) is 16.1 Å². The molecule has 1 aromatic heterocycles. The van der Waals surface area contributed by atoms with Crippen LogP contribution in [-0.4, -0.2) is 33.8 Å². The molecule has 0 aromatic carbocycles. The summed E-state index contributed by atoms with van der Waals surface area (Å²) in [7, 11) is 0. The van der Waals surface area contributed by atoms with Gasteiger partial charge in [0.1, 0.15) is 11.3 Å². The van der Waals surface area contributed by atoms with Gasteiger partial charge in [-0.25, -0.2) is 4.98 Å². The van der Waals surface area contributed by atoms with Gasteiger partial charge < -0.3 is 14.6 Å². The van der Waals surface area contributed by atoms with Gasteiger partial charge in [-0.2, -0.15) is 0 Å². The lowest BCUT2D eigenvalue weighted by Crippen LogP contribution is -2.54. The zero-order chi connectivity index (χ0) is 14.0. The number of nitrogens with zero attached hydrogens (tertiary/aromatic N) is 2. The highest BCUT2D eigenvalue weighted by Gasteiger charge is 2.39. The first-order valence-electron chi connectivity index (χ1n) is 6.46. The summed E-state index contributed by atoms with van der Waals surface area (Å²) in [5.41, 5.74) is -0.838. The molecule has 2 amide bonds. The number of carbonyl (C=O) groups is 2. The van der Waals surface area contributed by atoms with Gasteiger partial charge >= 0.3 is 0 Å². The van der Waals surface area contributed by atoms with E-state index in [9.17, 15) is 9.59 Å². The second-order valence-electron chi connectivity index (χ2n) is 5.08. The summed E-state index contributed by atoms with van der Waals surface area (Å²) in [4.78, 5) is 29.9. The Bertz CT molecular complexity index is 497. The molecule has 0 spiro atoms. The molecule has 6 heteroatoms. The fourth-order valence-electron chi connectivity index (χ4n) is 2.14. The molecule has 1 unspecified atom stereocenters. The van der Waals surface area contributed by atoms with Gasteiger partial charge in [0, 0.05) is 13.0 Å².